The molecule has 1 saturated heterocycles. The van der Waals surface area contributed by atoms with Crippen molar-refractivity contribution in [3.63, 3.8) is 0 Å². The highest BCUT2D eigenvalue weighted by molar-refractivity contribution is 5.30. The minimum Gasteiger partial charge on any atom is -0.363 e. The molecule has 19 heavy (non-hydrogen) atoms. The Balaban J connectivity index is 2.16. The molecule has 2 heterocycles. The molecule has 0 saturated carbocycles. The van der Waals surface area contributed by atoms with Crippen molar-refractivity contribution in [2.24, 2.45) is 19.5 Å². The number of rotatable bonds is 3. The minimum atomic E-state index is -0.416. The fourth-order valence-corrected chi connectivity index (χ4v) is 2.38. The summed E-state index contributed by atoms with van der Waals surface area (Å²) in [5, 5.41) is 10.4. The van der Waals surface area contributed by atoms with Crippen molar-refractivity contribution < 1.29 is 0 Å². The van der Waals surface area contributed by atoms with E-state index in [1.165, 1.54) is 18.8 Å². The predicted molar refractivity (Wildman–Crippen MR) is 73.4 cm³/mol. The predicted octanol–water partition coefficient (Wildman–Crippen LogP) is -0.719. The first-order valence-corrected chi connectivity index (χ1v) is 6.52. The Bertz CT molecular complexity index is 568. The Morgan fingerprint density at radius 3 is 2.79 bits per heavy atom. The van der Waals surface area contributed by atoms with Crippen LogP contribution in [-0.2, 0) is 14.1 Å². The molecule has 0 aliphatic carbocycles. The lowest BCUT2D eigenvalue weighted by atomic mass is 9.83. The van der Waals surface area contributed by atoms with Gasteiger partial charge in [0.15, 0.2) is 0 Å². The van der Waals surface area contributed by atoms with Crippen LogP contribution >= 0.6 is 0 Å². The smallest absolute Gasteiger partial charge is 0.346 e. The van der Waals surface area contributed by atoms with Gasteiger partial charge in [-0.05, 0) is 24.8 Å². The summed E-state index contributed by atoms with van der Waals surface area (Å²) in [4.78, 5) is 23.5. The summed E-state index contributed by atoms with van der Waals surface area (Å²) in [5.74, 6) is 0.233. The second-order valence-corrected chi connectivity index (χ2v) is 5.56. The van der Waals surface area contributed by atoms with Crippen molar-refractivity contribution in [2.45, 2.75) is 19.8 Å². The lowest BCUT2D eigenvalue weighted by Crippen LogP contribution is -2.44. The Morgan fingerprint density at radius 1 is 1.42 bits per heavy atom. The van der Waals surface area contributed by atoms with Crippen LogP contribution < -0.4 is 21.9 Å². The molecule has 0 bridgehead atoms. The largest absolute Gasteiger partial charge is 0.363 e. The summed E-state index contributed by atoms with van der Waals surface area (Å²) in [6.45, 7) is 4.82. The van der Waals surface area contributed by atoms with Crippen LogP contribution in [0.25, 0.3) is 0 Å². The third kappa shape index (κ3) is 2.86. The molecular weight excluding hydrogens is 246 g/mol. The SMILES string of the molecule is Cn1nc(NCC2(C)CCCNC2)c(=O)n(C)c1=O. The topological polar surface area (TPSA) is 81.0 Å². The standard InChI is InChI=1S/C12H21N5O2/c1-12(5-4-6-13-7-12)8-14-9-10(18)16(2)11(19)17(3)15-9/h13H,4-8H2,1-3H3,(H,14,15). The molecule has 106 valence electrons. The van der Waals surface area contributed by atoms with Crippen LogP contribution in [0.3, 0.4) is 0 Å². The molecule has 7 nitrogen and oxygen atoms in total. The monoisotopic (exact) mass is 267 g/mol. The molecule has 0 amide bonds. The van der Waals surface area contributed by atoms with Gasteiger partial charge in [0.1, 0.15) is 0 Å². The Labute approximate surface area is 111 Å². The Morgan fingerprint density at radius 2 is 2.16 bits per heavy atom. The van der Waals surface area contributed by atoms with Gasteiger partial charge in [-0.3, -0.25) is 9.36 Å². The van der Waals surface area contributed by atoms with E-state index in [0.29, 0.717) is 6.54 Å². The van der Waals surface area contributed by atoms with Gasteiger partial charge in [-0.25, -0.2) is 9.48 Å². The quantitative estimate of drug-likeness (QED) is 0.755. The molecule has 2 rings (SSSR count). The average Bonchev–Trinajstić information content (AvgIpc) is 2.40. The molecule has 1 aromatic rings. The van der Waals surface area contributed by atoms with E-state index in [2.05, 4.69) is 22.7 Å². The lowest BCUT2D eigenvalue weighted by Gasteiger charge is -2.34. The van der Waals surface area contributed by atoms with Crippen molar-refractivity contribution in [1.29, 1.82) is 0 Å². The van der Waals surface area contributed by atoms with Crippen LogP contribution in [-0.4, -0.2) is 34.0 Å². The van der Waals surface area contributed by atoms with Crippen molar-refractivity contribution in [1.82, 2.24) is 19.7 Å². The van der Waals surface area contributed by atoms with Crippen LogP contribution in [0.5, 0.6) is 0 Å². The summed E-state index contributed by atoms with van der Waals surface area (Å²) in [5.41, 5.74) is -0.684. The van der Waals surface area contributed by atoms with E-state index in [9.17, 15) is 9.59 Å². The van der Waals surface area contributed by atoms with Crippen LogP contribution in [0.4, 0.5) is 5.82 Å². The highest BCUT2D eigenvalue weighted by atomic mass is 16.2. The number of piperidine rings is 1. The molecular formula is C12H21N5O2. The van der Waals surface area contributed by atoms with Crippen LogP contribution in [0, 0.1) is 5.41 Å². The third-order valence-corrected chi connectivity index (χ3v) is 3.69. The van der Waals surface area contributed by atoms with Gasteiger partial charge in [-0.15, -0.1) is 5.10 Å². The van der Waals surface area contributed by atoms with Gasteiger partial charge in [0.05, 0.1) is 0 Å². The summed E-state index contributed by atoms with van der Waals surface area (Å²) >= 11 is 0. The molecule has 2 N–H and O–H groups in total. The van der Waals surface area contributed by atoms with Crippen LogP contribution in [0.2, 0.25) is 0 Å². The molecule has 0 spiro atoms. The van der Waals surface area contributed by atoms with Gasteiger partial charge >= 0.3 is 5.69 Å². The molecule has 1 aliphatic rings. The summed E-state index contributed by atoms with van der Waals surface area (Å²) in [6, 6.07) is 0. The fourth-order valence-electron chi connectivity index (χ4n) is 2.38. The molecule has 1 atom stereocenters. The summed E-state index contributed by atoms with van der Waals surface area (Å²) in [6.07, 6.45) is 2.25. The van der Waals surface area contributed by atoms with Crippen LogP contribution in [0.1, 0.15) is 19.8 Å². The molecule has 1 unspecified atom stereocenters. The van der Waals surface area contributed by atoms with E-state index in [-0.39, 0.29) is 16.8 Å². The zero-order chi connectivity index (χ0) is 14.0. The maximum atomic E-state index is 11.9. The van der Waals surface area contributed by atoms with Crippen molar-refractivity contribution >= 4 is 5.82 Å². The summed E-state index contributed by atoms with van der Waals surface area (Å²) in [7, 11) is 3.00. The number of hydrogen-bond donors (Lipinski definition) is 2. The first-order chi connectivity index (χ1) is 8.93. The number of aromatic nitrogens is 3. The summed E-state index contributed by atoms with van der Waals surface area (Å²) < 4.78 is 2.24. The van der Waals surface area contributed by atoms with Gasteiger partial charge in [0.25, 0.3) is 5.56 Å². The first-order valence-electron chi connectivity index (χ1n) is 6.52. The number of anilines is 1. The van der Waals surface area contributed by atoms with Gasteiger partial charge < -0.3 is 10.6 Å². The zero-order valence-electron chi connectivity index (χ0n) is 11.7. The average molecular weight is 267 g/mol. The Hall–Kier alpha value is -1.63. The van der Waals surface area contributed by atoms with Crippen molar-refractivity contribution in [2.75, 3.05) is 25.0 Å². The third-order valence-electron chi connectivity index (χ3n) is 3.69. The normalized spacial score (nSPS) is 23.3. The molecule has 0 radical (unpaired) electrons. The second kappa shape index (κ2) is 5.16. The van der Waals surface area contributed by atoms with E-state index < -0.39 is 5.69 Å². The number of nitrogens with zero attached hydrogens (tertiary/aromatic N) is 3. The number of nitrogens with one attached hydrogen (secondary N) is 2. The minimum absolute atomic E-state index is 0.111. The van der Waals surface area contributed by atoms with E-state index >= 15 is 0 Å². The maximum Gasteiger partial charge on any atom is 0.346 e. The zero-order valence-corrected chi connectivity index (χ0v) is 11.7. The molecule has 7 heteroatoms. The van der Waals surface area contributed by atoms with Gasteiger partial charge in [0.2, 0.25) is 5.82 Å². The maximum absolute atomic E-state index is 11.9. The van der Waals surface area contributed by atoms with Crippen molar-refractivity contribution in [3.05, 3.63) is 20.8 Å². The van der Waals surface area contributed by atoms with E-state index in [1.807, 2.05) is 0 Å². The van der Waals surface area contributed by atoms with E-state index in [0.717, 1.165) is 30.5 Å². The first kappa shape index (κ1) is 13.8. The fraction of sp³-hybridized carbons (Fsp3) is 0.750. The van der Waals surface area contributed by atoms with Gasteiger partial charge in [-0.1, -0.05) is 6.92 Å². The number of hydrogen-bond acceptors (Lipinski definition) is 5. The highest BCUT2D eigenvalue weighted by Gasteiger charge is 2.27. The lowest BCUT2D eigenvalue weighted by molar-refractivity contribution is 0.253. The Kier molecular flexibility index (Phi) is 3.75. The van der Waals surface area contributed by atoms with Gasteiger partial charge in [-0.2, -0.15) is 0 Å². The van der Waals surface area contributed by atoms with Crippen molar-refractivity contribution in [3.8, 4) is 0 Å². The van der Waals surface area contributed by atoms with E-state index in [4.69, 9.17) is 0 Å². The molecule has 1 aliphatic heterocycles. The highest BCUT2D eigenvalue weighted by Crippen LogP contribution is 2.24. The van der Waals surface area contributed by atoms with Crippen LogP contribution in [0.15, 0.2) is 9.59 Å². The molecule has 0 aromatic carbocycles. The molecule has 1 fully saturated rings. The molecule has 1 aromatic heterocycles. The number of aryl methyl sites for hydroxylation is 1. The van der Waals surface area contributed by atoms with E-state index in [1.54, 1.807) is 0 Å². The van der Waals surface area contributed by atoms with Gasteiger partial charge in [0, 0.05) is 27.2 Å². The second-order valence-electron chi connectivity index (χ2n) is 5.56.